The second kappa shape index (κ2) is 6.62. The lowest BCUT2D eigenvalue weighted by atomic mass is 10.1. The highest BCUT2D eigenvalue weighted by molar-refractivity contribution is 6.35. The van der Waals surface area contributed by atoms with Gasteiger partial charge in [0.05, 0.1) is 6.61 Å². The second-order valence-electron chi connectivity index (χ2n) is 4.29. The van der Waals surface area contributed by atoms with E-state index in [0.29, 0.717) is 0 Å². The smallest absolute Gasteiger partial charge is 0.127 e. The molecule has 2 N–H and O–H groups in total. The Morgan fingerprint density at radius 3 is 2.50 bits per heavy atom. The van der Waals surface area contributed by atoms with Crippen LogP contribution in [0.1, 0.15) is 19.3 Å². The van der Waals surface area contributed by atoms with Crippen LogP contribution in [0.25, 0.3) is 10.8 Å². The lowest BCUT2D eigenvalue weighted by Gasteiger charge is -2.10. The number of fused-ring (bicyclic) bond motifs is 1. The molecule has 0 unspecified atom stereocenters. The predicted molar refractivity (Wildman–Crippen MR) is 77.4 cm³/mol. The summed E-state index contributed by atoms with van der Waals surface area (Å²) >= 11 is 6.16. The van der Waals surface area contributed by atoms with E-state index in [1.165, 1.54) is 0 Å². The van der Waals surface area contributed by atoms with E-state index in [1.807, 2.05) is 36.4 Å². The molecule has 0 aliphatic heterocycles. The van der Waals surface area contributed by atoms with E-state index in [9.17, 15) is 0 Å². The zero-order valence-corrected chi connectivity index (χ0v) is 11.1. The van der Waals surface area contributed by atoms with Gasteiger partial charge in [0.25, 0.3) is 0 Å². The summed E-state index contributed by atoms with van der Waals surface area (Å²) in [5.41, 5.74) is 5.46. The first kappa shape index (κ1) is 13.2. The molecule has 96 valence electrons. The van der Waals surface area contributed by atoms with Gasteiger partial charge in [-0.05, 0) is 37.9 Å². The third-order valence-electron chi connectivity index (χ3n) is 2.94. The summed E-state index contributed by atoms with van der Waals surface area (Å²) in [6, 6.07) is 11.9. The zero-order chi connectivity index (χ0) is 12.8. The number of hydrogen-bond donors (Lipinski definition) is 1. The Morgan fingerprint density at radius 1 is 0.944 bits per heavy atom. The molecule has 0 saturated heterocycles. The SMILES string of the molecule is NCCCCCOc1ccc(Cl)c2ccccc12. The monoisotopic (exact) mass is 263 g/mol. The van der Waals surface area contributed by atoms with Crippen molar-refractivity contribution in [2.75, 3.05) is 13.2 Å². The molecule has 0 atom stereocenters. The number of nitrogens with two attached hydrogens (primary N) is 1. The number of hydrogen-bond acceptors (Lipinski definition) is 2. The van der Waals surface area contributed by atoms with Crippen molar-refractivity contribution in [3.05, 3.63) is 41.4 Å². The quantitative estimate of drug-likeness (QED) is 0.800. The number of halogens is 1. The van der Waals surface area contributed by atoms with Gasteiger partial charge in [-0.15, -0.1) is 0 Å². The lowest BCUT2D eigenvalue weighted by Crippen LogP contribution is -2.01. The number of ether oxygens (including phenoxy) is 1. The van der Waals surface area contributed by atoms with Crippen LogP contribution in [-0.4, -0.2) is 13.2 Å². The first-order chi connectivity index (χ1) is 8.83. The largest absolute Gasteiger partial charge is 0.493 e. The van der Waals surface area contributed by atoms with Crippen molar-refractivity contribution in [2.45, 2.75) is 19.3 Å². The van der Waals surface area contributed by atoms with Gasteiger partial charge in [0.2, 0.25) is 0 Å². The summed E-state index contributed by atoms with van der Waals surface area (Å²) in [7, 11) is 0. The Balaban J connectivity index is 2.07. The van der Waals surface area contributed by atoms with Gasteiger partial charge in [-0.3, -0.25) is 0 Å². The molecule has 18 heavy (non-hydrogen) atoms. The van der Waals surface area contributed by atoms with E-state index in [-0.39, 0.29) is 0 Å². The third kappa shape index (κ3) is 3.15. The van der Waals surface area contributed by atoms with Gasteiger partial charge < -0.3 is 10.5 Å². The van der Waals surface area contributed by atoms with Crippen LogP contribution in [0, 0.1) is 0 Å². The number of rotatable bonds is 6. The van der Waals surface area contributed by atoms with Crippen LogP contribution in [-0.2, 0) is 0 Å². The minimum Gasteiger partial charge on any atom is -0.493 e. The van der Waals surface area contributed by atoms with Crippen molar-refractivity contribution in [1.82, 2.24) is 0 Å². The molecule has 0 saturated carbocycles. The van der Waals surface area contributed by atoms with Crippen LogP contribution >= 0.6 is 11.6 Å². The molecule has 0 aromatic heterocycles. The van der Waals surface area contributed by atoms with Crippen molar-refractivity contribution in [1.29, 1.82) is 0 Å². The fourth-order valence-electron chi connectivity index (χ4n) is 1.97. The Bertz CT molecular complexity index is 513. The first-order valence-electron chi connectivity index (χ1n) is 6.33. The van der Waals surface area contributed by atoms with E-state index >= 15 is 0 Å². The number of benzene rings is 2. The fraction of sp³-hybridized carbons (Fsp3) is 0.333. The van der Waals surface area contributed by atoms with Gasteiger partial charge in [0.15, 0.2) is 0 Å². The molecular formula is C15H18ClNO. The topological polar surface area (TPSA) is 35.2 Å². The minimum atomic E-state index is 0.728. The first-order valence-corrected chi connectivity index (χ1v) is 6.71. The van der Waals surface area contributed by atoms with Gasteiger partial charge in [-0.25, -0.2) is 0 Å². The number of unbranched alkanes of at least 4 members (excludes halogenated alkanes) is 2. The highest BCUT2D eigenvalue weighted by atomic mass is 35.5. The molecule has 3 heteroatoms. The van der Waals surface area contributed by atoms with Gasteiger partial charge in [-0.1, -0.05) is 35.9 Å². The summed E-state index contributed by atoms with van der Waals surface area (Å²) in [5.74, 6) is 0.905. The zero-order valence-electron chi connectivity index (χ0n) is 10.4. The maximum absolute atomic E-state index is 6.16. The van der Waals surface area contributed by atoms with Gasteiger partial charge >= 0.3 is 0 Å². The molecule has 0 spiro atoms. The van der Waals surface area contributed by atoms with Crippen LogP contribution in [0.4, 0.5) is 0 Å². The molecule has 0 fully saturated rings. The summed E-state index contributed by atoms with van der Waals surface area (Å²) in [6.45, 7) is 1.48. The Hall–Kier alpha value is -1.25. The van der Waals surface area contributed by atoms with E-state index in [0.717, 1.165) is 54.0 Å². The van der Waals surface area contributed by atoms with Gasteiger partial charge in [-0.2, -0.15) is 0 Å². The molecule has 0 radical (unpaired) electrons. The molecule has 0 aliphatic rings. The van der Waals surface area contributed by atoms with Crippen molar-refractivity contribution >= 4 is 22.4 Å². The molecule has 2 aromatic rings. The van der Waals surface area contributed by atoms with Gasteiger partial charge in [0, 0.05) is 15.8 Å². The van der Waals surface area contributed by atoms with Crippen LogP contribution in [0.5, 0.6) is 5.75 Å². The van der Waals surface area contributed by atoms with E-state index in [4.69, 9.17) is 22.1 Å². The van der Waals surface area contributed by atoms with E-state index in [1.54, 1.807) is 0 Å². The third-order valence-corrected chi connectivity index (χ3v) is 3.27. The molecular weight excluding hydrogens is 246 g/mol. The standard InChI is InChI=1S/C15H18ClNO/c16-14-8-9-15(18-11-5-1-4-10-17)13-7-3-2-6-12(13)14/h2-3,6-9H,1,4-5,10-11,17H2. The Morgan fingerprint density at radius 2 is 1.72 bits per heavy atom. The summed E-state index contributed by atoms with van der Waals surface area (Å²) < 4.78 is 5.82. The van der Waals surface area contributed by atoms with Crippen molar-refractivity contribution in [3.63, 3.8) is 0 Å². The highest BCUT2D eigenvalue weighted by Gasteiger charge is 2.04. The van der Waals surface area contributed by atoms with Crippen molar-refractivity contribution in [2.24, 2.45) is 5.73 Å². The predicted octanol–water partition coefficient (Wildman–Crippen LogP) is 4.00. The van der Waals surface area contributed by atoms with Crippen LogP contribution < -0.4 is 10.5 Å². The average Bonchev–Trinajstić information content (AvgIpc) is 2.41. The Kier molecular flexibility index (Phi) is 4.85. The summed E-state index contributed by atoms with van der Waals surface area (Å²) in [6.07, 6.45) is 3.21. The molecule has 0 aliphatic carbocycles. The molecule has 2 aromatic carbocycles. The molecule has 0 bridgehead atoms. The lowest BCUT2D eigenvalue weighted by molar-refractivity contribution is 0.309. The molecule has 2 nitrogen and oxygen atoms in total. The minimum absolute atomic E-state index is 0.728. The Labute approximate surface area is 113 Å². The van der Waals surface area contributed by atoms with Crippen LogP contribution in [0.3, 0.4) is 0 Å². The normalized spacial score (nSPS) is 10.8. The van der Waals surface area contributed by atoms with Crippen LogP contribution in [0.2, 0.25) is 5.02 Å². The van der Waals surface area contributed by atoms with Crippen molar-refractivity contribution in [3.8, 4) is 5.75 Å². The average molecular weight is 264 g/mol. The maximum atomic E-state index is 6.16. The molecule has 2 rings (SSSR count). The van der Waals surface area contributed by atoms with Gasteiger partial charge in [0.1, 0.15) is 5.75 Å². The second-order valence-corrected chi connectivity index (χ2v) is 4.70. The highest BCUT2D eigenvalue weighted by Crippen LogP contribution is 2.31. The van der Waals surface area contributed by atoms with E-state index in [2.05, 4.69) is 0 Å². The fourth-order valence-corrected chi connectivity index (χ4v) is 2.19. The van der Waals surface area contributed by atoms with E-state index < -0.39 is 0 Å². The van der Waals surface area contributed by atoms with Crippen LogP contribution in [0.15, 0.2) is 36.4 Å². The maximum Gasteiger partial charge on any atom is 0.127 e. The summed E-state index contributed by atoms with van der Waals surface area (Å²) in [4.78, 5) is 0. The van der Waals surface area contributed by atoms with Crippen molar-refractivity contribution < 1.29 is 4.74 Å². The molecule has 0 amide bonds. The molecule has 0 heterocycles. The summed E-state index contributed by atoms with van der Waals surface area (Å²) in [5, 5.41) is 2.88.